The Morgan fingerprint density at radius 3 is 2.27 bits per heavy atom. The number of allylic oxidation sites excluding steroid dienone is 2. The average molecular weight is 1100 g/mol. The molecule has 16 nitrogen and oxygen atoms in total. The van der Waals surface area contributed by atoms with Crippen molar-refractivity contribution in [2.75, 3.05) is 35.2 Å². The summed E-state index contributed by atoms with van der Waals surface area (Å²) in [5.41, 5.74) is 8.44. The largest absolute Gasteiger partial charge is 0.387 e. The number of fused-ring (bicyclic) bond motifs is 3. The molecule has 12 rings (SSSR count). The van der Waals surface area contributed by atoms with E-state index in [1.807, 2.05) is 80.7 Å². The van der Waals surface area contributed by atoms with Gasteiger partial charge in [-0.05, 0) is 154 Å². The number of hydrogen-bond donors (Lipinski definition) is 6. The van der Waals surface area contributed by atoms with Crippen molar-refractivity contribution in [1.82, 2.24) is 35.7 Å². The lowest BCUT2D eigenvalue weighted by atomic mass is 9.49. The summed E-state index contributed by atoms with van der Waals surface area (Å²) in [6.45, 7) is 4.56. The van der Waals surface area contributed by atoms with Gasteiger partial charge < -0.3 is 26.3 Å². The van der Waals surface area contributed by atoms with Crippen molar-refractivity contribution in [2.24, 2.45) is 30.2 Å². The van der Waals surface area contributed by atoms with Gasteiger partial charge in [-0.3, -0.25) is 39.3 Å². The summed E-state index contributed by atoms with van der Waals surface area (Å²) in [7, 11) is 1.82. The van der Waals surface area contributed by atoms with Crippen molar-refractivity contribution < 1.29 is 24.0 Å². The van der Waals surface area contributed by atoms with Gasteiger partial charge in [-0.2, -0.15) is 5.10 Å². The molecule has 418 valence electrons. The first-order valence-corrected chi connectivity index (χ1v) is 30.1. The normalized spacial score (nSPS) is 21.5. The molecule has 3 aromatic carbocycles. The van der Waals surface area contributed by atoms with E-state index in [2.05, 4.69) is 47.6 Å². The minimum Gasteiger partial charge on any atom is -0.387 e. The number of carbonyl (C=O) groups is 5. The van der Waals surface area contributed by atoms with Gasteiger partial charge in [0.2, 0.25) is 17.7 Å². The SMILES string of the molecule is C/C(NCC12CC3CC(CC(C3)C1)C2)=C(/C=N)c1ccc(N2CCc3cccc(C(=O)Nc4nc5ccccc5s4)c3C2)nc1C(=O)NCCCCCCCCCCCC(=O)Nc1ccc2c(C3CCC(=O)NC3=O)nn(C)c2c1. The van der Waals surface area contributed by atoms with Gasteiger partial charge in [0.15, 0.2) is 5.13 Å². The number of unbranched alkanes of at least 4 members (excludes halogenated alkanes) is 8. The van der Waals surface area contributed by atoms with Crippen LogP contribution in [-0.4, -0.2) is 75.1 Å². The molecule has 6 N–H and O–H groups in total. The fourth-order valence-corrected chi connectivity index (χ4v) is 15.0. The van der Waals surface area contributed by atoms with E-state index in [0.29, 0.717) is 89.0 Å². The van der Waals surface area contributed by atoms with Crippen molar-refractivity contribution in [2.45, 2.75) is 141 Å². The highest BCUT2D eigenvalue weighted by molar-refractivity contribution is 7.22. The molecule has 4 saturated carbocycles. The predicted molar refractivity (Wildman–Crippen MR) is 316 cm³/mol. The smallest absolute Gasteiger partial charge is 0.270 e. The summed E-state index contributed by atoms with van der Waals surface area (Å²) in [5.74, 6) is 1.63. The molecule has 5 heterocycles. The zero-order valence-corrected chi connectivity index (χ0v) is 47.1. The number of aromatic nitrogens is 4. The van der Waals surface area contributed by atoms with Crippen molar-refractivity contribution in [3.05, 3.63) is 112 Å². The van der Waals surface area contributed by atoms with Crippen LogP contribution < -0.4 is 31.5 Å². The number of nitrogens with one attached hydrogen (secondary N) is 6. The van der Waals surface area contributed by atoms with E-state index >= 15 is 0 Å². The Bertz CT molecular complexity index is 3310. The summed E-state index contributed by atoms with van der Waals surface area (Å²) in [4.78, 5) is 77.3. The quantitative estimate of drug-likeness (QED) is 0.0203. The van der Waals surface area contributed by atoms with Gasteiger partial charge in [0, 0.05) is 85.8 Å². The lowest BCUT2D eigenvalue weighted by Gasteiger charge is -2.57. The van der Waals surface area contributed by atoms with Gasteiger partial charge in [-0.25, -0.2) is 9.97 Å². The predicted octanol–water partition coefficient (Wildman–Crippen LogP) is 11.4. The molecule has 80 heavy (non-hydrogen) atoms. The number of hydrogen-bond acceptors (Lipinski definition) is 12. The van der Waals surface area contributed by atoms with E-state index in [1.54, 1.807) is 4.68 Å². The van der Waals surface area contributed by atoms with Gasteiger partial charge in [0.05, 0.1) is 27.3 Å². The van der Waals surface area contributed by atoms with Crippen LogP contribution in [0.3, 0.4) is 0 Å². The highest BCUT2D eigenvalue weighted by Gasteiger charge is 2.50. The van der Waals surface area contributed by atoms with Crippen LogP contribution in [0.4, 0.5) is 16.6 Å². The highest BCUT2D eigenvalue weighted by Crippen LogP contribution is 2.60. The van der Waals surface area contributed by atoms with E-state index in [0.717, 1.165) is 120 Å². The second-order valence-electron chi connectivity index (χ2n) is 23.6. The molecule has 1 saturated heterocycles. The van der Waals surface area contributed by atoms with Crippen LogP contribution in [0.15, 0.2) is 78.5 Å². The van der Waals surface area contributed by atoms with Gasteiger partial charge in [0.25, 0.3) is 11.8 Å². The zero-order chi connectivity index (χ0) is 55.3. The molecule has 1 unspecified atom stereocenters. The molecule has 0 radical (unpaired) electrons. The van der Waals surface area contributed by atoms with Crippen LogP contribution >= 0.6 is 11.3 Å². The van der Waals surface area contributed by atoms with Crippen molar-refractivity contribution in [3.8, 4) is 0 Å². The van der Waals surface area contributed by atoms with Gasteiger partial charge in [-0.15, -0.1) is 0 Å². The van der Waals surface area contributed by atoms with Crippen LogP contribution in [0.2, 0.25) is 0 Å². The number of benzene rings is 3. The Morgan fingerprint density at radius 1 is 0.800 bits per heavy atom. The van der Waals surface area contributed by atoms with E-state index < -0.39 is 5.92 Å². The Hall–Kier alpha value is -7.27. The molecule has 6 aromatic rings. The molecule has 3 aromatic heterocycles. The van der Waals surface area contributed by atoms with Crippen LogP contribution in [0.1, 0.15) is 172 Å². The number of aryl methyl sites for hydroxylation is 1. The number of amides is 5. The van der Waals surface area contributed by atoms with E-state index in [-0.39, 0.29) is 36.0 Å². The summed E-state index contributed by atoms with van der Waals surface area (Å²) in [6.07, 6.45) is 20.3. The summed E-state index contributed by atoms with van der Waals surface area (Å²) < 4.78 is 2.73. The summed E-state index contributed by atoms with van der Waals surface area (Å²) >= 11 is 1.45. The number of anilines is 3. The maximum Gasteiger partial charge on any atom is 0.270 e. The molecule has 6 aliphatic rings. The van der Waals surface area contributed by atoms with Gasteiger partial charge >= 0.3 is 0 Å². The second kappa shape index (κ2) is 24.2. The number of carbonyl (C=O) groups excluding carboxylic acids is 5. The van der Waals surface area contributed by atoms with Crippen LogP contribution in [-0.2, 0) is 34.4 Å². The third-order valence-corrected chi connectivity index (χ3v) is 18.7. The van der Waals surface area contributed by atoms with Gasteiger partial charge in [0.1, 0.15) is 11.5 Å². The molecular formula is C63H75N11O5S. The third-order valence-electron chi connectivity index (χ3n) is 17.8. The Kier molecular flexibility index (Phi) is 16.6. The van der Waals surface area contributed by atoms with E-state index in [9.17, 15) is 24.0 Å². The number of pyridine rings is 1. The maximum atomic E-state index is 14.4. The fourth-order valence-electron chi connectivity index (χ4n) is 14.1. The molecule has 5 fully saturated rings. The number of thiazole rings is 1. The summed E-state index contributed by atoms with van der Waals surface area (Å²) in [5, 5.41) is 30.2. The minimum absolute atomic E-state index is 0.0308. The Balaban J connectivity index is 0.666. The zero-order valence-electron chi connectivity index (χ0n) is 46.3. The monoisotopic (exact) mass is 1100 g/mol. The molecule has 0 spiro atoms. The van der Waals surface area contributed by atoms with Crippen molar-refractivity contribution in [1.29, 1.82) is 5.41 Å². The van der Waals surface area contributed by atoms with E-state index in [1.165, 1.54) is 56.1 Å². The number of imide groups is 1. The van der Waals surface area contributed by atoms with Crippen LogP contribution in [0, 0.1) is 28.6 Å². The second-order valence-corrected chi connectivity index (χ2v) is 24.6. The molecule has 1 atom stereocenters. The first kappa shape index (κ1) is 54.7. The molecule has 5 amide bonds. The topological polar surface area (TPSA) is 216 Å². The third kappa shape index (κ3) is 12.2. The average Bonchev–Trinajstić information content (AvgIpc) is 4.10. The number of para-hydroxylation sites is 1. The molecule has 4 aliphatic carbocycles. The first-order chi connectivity index (χ1) is 38.9. The van der Waals surface area contributed by atoms with Crippen LogP contribution in [0.5, 0.6) is 0 Å². The maximum absolute atomic E-state index is 14.4. The number of rotatable bonds is 23. The minimum atomic E-state index is -0.479. The standard InChI is InChI=1S/C63H75N11O5S/c1-39(66-38-63-33-40-29-41(34-63)31-42(30-40)35-63)49(36-64)45-22-24-54(74-28-26-43-15-14-16-46(50(43)37-74)59(77)71-62-68-51-17-11-12-18-53(51)80-62)69-58(45)61(79)65-27-13-9-7-5-3-4-6-8-10-19-55(75)67-44-20-21-47-52(32-44)73(2)72-57(47)48-23-25-56(76)70-60(48)78/h11-12,14-18,20-22,24,32,36,40-42,48,64,66H,3-10,13,19,23,25-31,33-35,37-38H2,1-2H3,(H,65,79)(H,67,75)(H,68,71,77)(H,70,76,78)/b49-39+,64-36?. The van der Waals surface area contributed by atoms with Crippen molar-refractivity contribution in [3.63, 3.8) is 0 Å². The number of piperidine rings is 1. The lowest BCUT2D eigenvalue weighted by molar-refractivity contribution is -0.134. The molecular weight excluding hydrogens is 1020 g/mol. The number of nitrogens with zero attached hydrogens (tertiary/aromatic N) is 5. The lowest BCUT2D eigenvalue weighted by Crippen LogP contribution is -2.50. The van der Waals surface area contributed by atoms with Crippen LogP contribution in [0.25, 0.3) is 26.7 Å². The summed E-state index contributed by atoms with van der Waals surface area (Å²) in [6, 6.07) is 23.3. The van der Waals surface area contributed by atoms with E-state index in [4.69, 9.17) is 10.4 Å². The first-order valence-electron chi connectivity index (χ1n) is 29.3. The Morgan fingerprint density at radius 2 is 1.54 bits per heavy atom. The fraction of sp³-hybridized carbons (Fsp3) is 0.476. The Labute approximate surface area is 472 Å². The molecule has 4 bridgehead atoms. The highest BCUT2D eigenvalue weighted by atomic mass is 32.1. The molecule has 17 heteroatoms. The van der Waals surface area contributed by atoms with Crippen molar-refractivity contribution >= 4 is 90.4 Å². The molecule has 2 aliphatic heterocycles. The van der Waals surface area contributed by atoms with Gasteiger partial charge in [-0.1, -0.05) is 80.5 Å².